The first-order valence-corrected chi connectivity index (χ1v) is 7.72. The van der Waals surface area contributed by atoms with Crippen molar-refractivity contribution in [3.63, 3.8) is 0 Å². The highest BCUT2D eigenvalue weighted by Crippen LogP contribution is 2.19. The molecule has 0 bridgehead atoms. The van der Waals surface area contributed by atoms with Crippen molar-refractivity contribution in [3.8, 4) is 0 Å². The zero-order chi connectivity index (χ0) is 15.4. The van der Waals surface area contributed by atoms with Gasteiger partial charge in [-0.2, -0.15) is 5.10 Å². The van der Waals surface area contributed by atoms with Crippen LogP contribution in [0.15, 0.2) is 54.7 Å². The molecule has 4 nitrogen and oxygen atoms in total. The molecule has 5 heteroatoms. The van der Waals surface area contributed by atoms with Crippen LogP contribution >= 0.6 is 12.2 Å². The molecule has 0 unspecified atom stereocenters. The van der Waals surface area contributed by atoms with Crippen LogP contribution in [0.5, 0.6) is 0 Å². The van der Waals surface area contributed by atoms with E-state index in [2.05, 4.69) is 58.2 Å². The largest absolute Gasteiger partial charge is 0.363 e. The third-order valence-electron chi connectivity index (χ3n) is 3.43. The lowest BCUT2D eigenvalue weighted by molar-refractivity contribution is 0.693. The number of rotatable bonds is 4. The summed E-state index contributed by atoms with van der Waals surface area (Å²) >= 11 is 5.17. The Hall–Kier alpha value is -2.40. The molecule has 1 heterocycles. The Morgan fingerprint density at radius 3 is 2.82 bits per heavy atom. The van der Waals surface area contributed by atoms with Crippen LogP contribution < -0.4 is 10.6 Å². The predicted octanol–water partition coefficient (Wildman–Crippen LogP) is 3.39. The van der Waals surface area contributed by atoms with Crippen LogP contribution in [0.25, 0.3) is 10.8 Å². The quantitative estimate of drug-likeness (QED) is 0.725. The highest BCUT2D eigenvalue weighted by Gasteiger charge is 2.04. The number of hydrogen-bond donors (Lipinski definition) is 2. The molecule has 22 heavy (non-hydrogen) atoms. The van der Waals surface area contributed by atoms with Gasteiger partial charge < -0.3 is 10.6 Å². The summed E-state index contributed by atoms with van der Waals surface area (Å²) in [5.41, 5.74) is 1.25. The Labute approximate surface area is 135 Å². The van der Waals surface area contributed by atoms with Gasteiger partial charge in [0.1, 0.15) is 0 Å². The number of aromatic nitrogens is 2. The molecule has 3 aromatic rings. The molecule has 0 atom stereocenters. The summed E-state index contributed by atoms with van der Waals surface area (Å²) in [7, 11) is 0. The fraction of sp³-hybridized carbons (Fsp3) is 0.176. The molecule has 3 rings (SSSR count). The van der Waals surface area contributed by atoms with E-state index in [-0.39, 0.29) is 0 Å². The molecular weight excluding hydrogens is 292 g/mol. The van der Waals surface area contributed by atoms with Gasteiger partial charge in [-0.15, -0.1) is 0 Å². The van der Waals surface area contributed by atoms with E-state index in [1.165, 1.54) is 16.3 Å². The molecule has 0 saturated heterocycles. The second-order valence-corrected chi connectivity index (χ2v) is 5.43. The monoisotopic (exact) mass is 310 g/mol. The first-order chi connectivity index (χ1) is 10.8. The zero-order valence-electron chi connectivity index (χ0n) is 12.4. The molecule has 2 N–H and O–H groups in total. The Morgan fingerprint density at radius 1 is 1.14 bits per heavy atom. The van der Waals surface area contributed by atoms with E-state index in [4.69, 9.17) is 12.2 Å². The van der Waals surface area contributed by atoms with Crippen LogP contribution in [0.1, 0.15) is 12.5 Å². The molecule has 0 spiro atoms. The molecule has 0 saturated carbocycles. The fourth-order valence-corrected chi connectivity index (χ4v) is 2.69. The predicted molar refractivity (Wildman–Crippen MR) is 95.2 cm³/mol. The third kappa shape index (κ3) is 3.26. The van der Waals surface area contributed by atoms with Gasteiger partial charge in [-0.25, -0.2) is 0 Å². The molecule has 0 aliphatic rings. The smallest absolute Gasteiger partial charge is 0.171 e. The number of fused-ring (bicyclic) bond motifs is 1. The van der Waals surface area contributed by atoms with Crippen molar-refractivity contribution in [2.24, 2.45) is 0 Å². The number of thiocarbonyl (C=S) groups is 1. The van der Waals surface area contributed by atoms with E-state index in [1.54, 1.807) is 0 Å². The van der Waals surface area contributed by atoms with Crippen LogP contribution in [0, 0.1) is 0 Å². The lowest BCUT2D eigenvalue weighted by atomic mass is 10.0. The summed E-state index contributed by atoms with van der Waals surface area (Å²) in [6, 6.07) is 16.7. The normalized spacial score (nSPS) is 10.6. The highest BCUT2D eigenvalue weighted by molar-refractivity contribution is 7.80. The van der Waals surface area contributed by atoms with Crippen LogP contribution in [0.4, 0.5) is 5.82 Å². The van der Waals surface area contributed by atoms with Gasteiger partial charge in [-0.3, -0.25) is 4.68 Å². The van der Waals surface area contributed by atoms with Gasteiger partial charge in [0.05, 0.1) is 6.54 Å². The standard InChI is InChI=1S/C17H18N4S/c1-2-18-17(22)19-16-10-11-21(20-16)12-14-8-5-7-13-6-3-4-9-15(13)14/h3-11H,2,12H2,1H3,(H2,18,19,20,22). The van der Waals surface area contributed by atoms with Crippen LogP contribution in [-0.2, 0) is 6.54 Å². The van der Waals surface area contributed by atoms with E-state index in [1.807, 2.05) is 23.9 Å². The molecule has 0 aliphatic heterocycles. The molecule has 2 aromatic carbocycles. The first-order valence-electron chi connectivity index (χ1n) is 7.31. The van der Waals surface area contributed by atoms with Crippen molar-refractivity contribution < 1.29 is 0 Å². The van der Waals surface area contributed by atoms with Crippen molar-refractivity contribution in [3.05, 3.63) is 60.3 Å². The van der Waals surface area contributed by atoms with E-state index in [0.717, 1.165) is 18.9 Å². The number of anilines is 1. The zero-order valence-corrected chi connectivity index (χ0v) is 13.2. The van der Waals surface area contributed by atoms with Crippen molar-refractivity contribution in [2.75, 3.05) is 11.9 Å². The van der Waals surface area contributed by atoms with E-state index >= 15 is 0 Å². The van der Waals surface area contributed by atoms with Gasteiger partial charge >= 0.3 is 0 Å². The minimum atomic E-state index is 0.595. The minimum absolute atomic E-state index is 0.595. The average molecular weight is 310 g/mol. The summed E-state index contributed by atoms with van der Waals surface area (Å²) in [6.07, 6.45) is 1.96. The van der Waals surface area contributed by atoms with Crippen LogP contribution in [0.2, 0.25) is 0 Å². The van der Waals surface area contributed by atoms with E-state index in [0.29, 0.717) is 5.11 Å². The summed E-state index contributed by atoms with van der Waals surface area (Å²) in [6.45, 7) is 3.53. The Balaban J connectivity index is 1.78. The van der Waals surface area contributed by atoms with E-state index in [9.17, 15) is 0 Å². The Morgan fingerprint density at radius 2 is 1.95 bits per heavy atom. The molecule has 0 radical (unpaired) electrons. The van der Waals surface area contributed by atoms with Gasteiger partial charge in [-0.05, 0) is 35.5 Å². The van der Waals surface area contributed by atoms with Crippen molar-refractivity contribution in [2.45, 2.75) is 13.5 Å². The molecular formula is C17H18N4S. The summed E-state index contributed by atoms with van der Waals surface area (Å²) in [4.78, 5) is 0. The molecule has 0 aliphatic carbocycles. The topological polar surface area (TPSA) is 41.9 Å². The fourth-order valence-electron chi connectivity index (χ4n) is 2.44. The van der Waals surface area contributed by atoms with Gasteiger partial charge in [0.25, 0.3) is 0 Å². The van der Waals surface area contributed by atoms with Crippen LogP contribution in [0.3, 0.4) is 0 Å². The van der Waals surface area contributed by atoms with Gasteiger partial charge in [0.15, 0.2) is 10.9 Å². The van der Waals surface area contributed by atoms with Gasteiger partial charge in [0.2, 0.25) is 0 Å². The Kier molecular flexibility index (Phi) is 4.34. The first kappa shape index (κ1) is 14.5. The molecule has 112 valence electrons. The third-order valence-corrected chi connectivity index (χ3v) is 3.68. The maximum absolute atomic E-state index is 5.17. The van der Waals surface area contributed by atoms with Crippen molar-refractivity contribution >= 4 is 33.9 Å². The second kappa shape index (κ2) is 6.58. The maximum atomic E-state index is 5.17. The van der Waals surface area contributed by atoms with E-state index < -0.39 is 0 Å². The Bertz CT molecular complexity index is 789. The van der Waals surface area contributed by atoms with Crippen molar-refractivity contribution in [1.82, 2.24) is 15.1 Å². The lowest BCUT2D eigenvalue weighted by Gasteiger charge is -2.07. The van der Waals surface area contributed by atoms with Gasteiger partial charge in [-0.1, -0.05) is 42.5 Å². The SMILES string of the molecule is CCNC(=S)Nc1ccn(Cc2cccc3ccccc23)n1. The summed E-state index contributed by atoms with van der Waals surface area (Å²) in [5, 5.41) is 13.7. The van der Waals surface area contributed by atoms with Crippen LogP contribution in [-0.4, -0.2) is 21.4 Å². The summed E-state index contributed by atoms with van der Waals surface area (Å²) in [5.74, 6) is 0.756. The number of nitrogens with zero attached hydrogens (tertiary/aromatic N) is 2. The highest BCUT2D eigenvalue weighted by atomic mass is 32.1. The average Bonchev–Trinajstić information content (AvgIpc) is 2.95. The molecule has 0 amide bonds. The number of benzene rings is 2. The summed E-state index contributed by atoms with van der Waals surface area (Å²) < 4.78 is 1.92. The minimum Gasteiger partial charge on any atom is -0.363 e. The molecule has 0 fully saturated rings. The molecule has 1 aromatic heterocycles. The number of hydrogen-bond acceptors (Lipinski definition) is 2. The lowest BCUT2D eigenvalue weighted by Crippen LogP contribution is -2.28. The number of nitrogens with one attached hydrogen (secondary N) is 2. The second-order valence-electron chi connectivity index (χ2n) is 5.02. The maximum Gasteiger partial charge on any atom is 0.171 e. The van der Waals surface area contributed by atoms with Gasteiger partial charge in [0, 0.05) is 18.8 Å². The van der Waals surface area contributed by atoms with Crippen molar-refractivity contribution in [1.29, 1.82) is 0 Å².